The fourth-order valence-corrected chi connectivity index (χ4v) is 6.97. The van der Waals surface area contributed by atoms with Crippen molar-refractivity contribution in [2.75, 3.05) is 44.7 Å². The van der Waals surface area contributed by atoms with E-state index >= 15 is 0 Å². The molecular weight excluding hydrogens is 615 g/mol. The molecule has 48 heavy (non-hydrogen) atoms. The maximum atomic E-state index is 14.5. The average molecular weight is 661 g/mol. The van der Waals surface area contributed by atoms with Gasteiger partial charge < -0.3 is 30.3 Å². The van der Waals surface area contributed by atoms with Crippen molar-refractivity contribution >= 4 is 17.8 Å². The van der Waals surface area contributed by atoms with Crippen LogP contribution < -0.4 is 30.3 Å². The quantitative estimate of drug-likeness (QED) is 0.244. The molecule has 3 amide bonds. The smallest absolute Gasteiger partial charge is 0.314 e. The lowest BCUT2D eigenvalue weighted by molar-refractivity contribution is -0.0352. The number of rotatable bonds is 12. The van der Waals surface area contributed by atoms with Gasteiger partial charge in [-0.05, 0) is 63.3 Å². The number of aryl methyl sites for hydroxylation is 1. The van der Waals surface area contributed by atoms with Crippen molar-refractivity contribution in [2.24, 2.45) is 5.41 Å². The Labute approximate surface area is 280 Å². The molecule has 0 unspecified atom stereocenters. The number of nitrogens with zero attached hydrogens (tertiary/aromatic N) is 5. The number of pyridine rings is 1. The number of benzene rings is 1. The van der Waals surface area contributed by atoms with Crippen LogP contribution in [-0.2, 0) is 19.4 Å². The highest BCUT2D eigenvalue weighted by Crippen LogP contribution is 2.52. The summed E-state index contributed by atoms with van der Waals surface area (Å²) in [6.45, 7) is 10.5. The summed E-state index contributed by atoms with van der Waals surface area (Å²) in [6.07, 6.45) is 9.18. The maximum Gasteiger partial charge on any atom is 0.314 e. The van der Waals surface area contributed by atoms with Gasteiger partial charge in [-0.2, -0.15) is 0 Å². The molecule has 1 aromatic carbocycles. The first kappa shape index (κ1) is 33.4. The molecule has 256 valence electrons. The minimum absolute atomic E-state index is 0.115. The zero-order valence-corrected chi connectivity index (χ0v) is 28.1. The molecule has 2 fully saturated rings. The summed E-state index contributed by atoms with van der Waals surface area (Å²) in [5, 5.41) is 8.27. The van der Waals surface area contributed by atoms with E-state index in [1.165, 1.54) is 18.5 Å². The average Bonchev–Trinajstić information content (AvgIpc) is 3.04. The van der Waals surface area contributed by atoms with Crippen LogP contribution in [0.15, 0.2) is 36.9 Å². The Kier molecular flexibility index (Phi) is 9.95. The third-order valence-corrected chi connectivity index (χ3v) is 9.33. The number of hydrogen-bond acceptors (Lipinski definition) is 9. The first-order chi connectivity index (χ1) is 23.2. The SMILES string of the molecule is CCc1cc(F)cc(C(=O)NC(C)C)c1Oc1cncnc1N1CC2(CC(Oc3ccnc4c3CN(CCCNC(=O)NC)CC4)C2)C1. The van der Waals surface area contributed by atoms with Crippen LogP contribution in [0.1, 0.15) is 67.2 Å². The Hall–Kier alpha value is -4.52. The second kappa shape index (κ2) is 14.3. The monoisotopic (exact) mass is 660 g/mol. The number of amides is 3. The van der Waals surface area contributed by atoms with E-state index < -0.39 is 11.7 Å². The summed E-state index contributed by atoms with van der Waals surface area (Å²) in [5.74, 6) is 1.43. The molecule has 13 heteroatoms. The van der Waals surface area contributed by atoms with Crippen LogP contribution in [0.4, 0.5) is 15.0 Å². The molecule has 12 nitrogen and oxygen atoms in total. The Bertz CT molecular complexity index is 1640. The standard InChI is InChI=1S/C35H45FN8O4/c1-5-23-13-24(36)14-26(33(45)42-22(2)3)31(23)48-30-17-38-21-41-32(30)44-19-35(20-44)15-25(16-35)47-29-7-10-39-28-8-12-43(18-27(28)29)11-6-9-40-34(46)37-4/h7,10,13-14,17,21-22,25H,5-6,8-9,11-12,15-16,18-20H2,1-4H3,(H,42,45)(H2,37,40,46). The lowest BCUT2D eigenvalue weighted by atomic mass is 9.61. The van der Waals surface area contributed by atoms with Crippen LogP contribution in [0.25, 0.3) is 0 Å². The molecule has 1 aliphatic carbocycles. The van der Waals surface area contributed by atoms with Gasteiger partial charge in [-0.1, -0.05) is 6.92 Å². The first-order valence-corrected chi connectivity index (χ1v) is 16.8. The van der Waals surface area contributed by atoms with E-state index in [0.29, 0.717) is 35.8 Å². The summed E-state index contributed by atoms with van der Waals surface area (Å²) in [6, 6.07) is 4.33. The van der Waals surface area contributed by atoms with Crippen LogP contribution in [-0.4, -0.2) is 83.7 Å². The topological polar surface area (TPSA) is 134 Å². The number of carbonyl (C=O) groups excluding carboxylic acids is 2. The van der Waals surface area contributed by atoms with E-state index in [1.54, 1.807) is 13.2 Å². The predicted octanol–water partition coefficient (Wildman–Crippen LogP) is 4.23. The summed E-state index contributed by atoms with van der Waals surface area (Å²) < 4.78 is 27.4. The van der Waals surface area contributed by atoms with Crippen LogP contribution in [0.3, 0.4) is 0 Å². The zero-order chi connectivity index (χ0) is 33.8. The van der Waals surface area contributed by atoms with Gasteiger partial charge in [0.05, 0.1) is 11.8 Å². The molecule has 1 saturated carbocycles. The Morgan fingerprint density at radius 1 is 1.17 bits per heavy atom. The Balaban J connectivity index is 1.07. The fourth-order valence-electron chi connectivity index (χ4n) is 6.97. The van der Waals surface area contributed by atoms with E-state index in [0.717, 1.165) is 75.4 Å². The number of fused-ring (bicyclic) bond motifs is 1. The number of aromatic nitrogens is 3. The van der Waals surface area contributed by atoms with Gasteiger partial charge in [0.1, 0.15) is 29.7 Å². The van der Waals surface area contributed by atoms with Crippen LogP contribution in [0.5, 0.6) is 17.2 Å². The predicted molar refractivity (Wildman–Crippen MR) is 179 cm³/mol. The molecule has 0 bridgehead atoms. The molecule has 0 atom stereocenters. The van der Waals surface area contributed by atoms with E-state index in [1.807, 2.05) is 33.0 Å². The second-order valence-corrected chi connectivity index (χ2v) is 13.4. The molecule has 3 aliphatic rings. The van der Waals surface area contributed by atoms with Gasteiger partial charge in [0.2, 0.25) is 0 Å². The van der Waals surface area contributed by atoms with E-state index in [2.05, 4.69) is 40.7 Å². The first-order valence-electron chi connectivity index (χ1n) is 16.8. The van der Waals surface area contributed by atoms with Gasteiger partial charge in [-0.3, -0.25) is 14.7 Å². The molecule has 4 heterocycles. The van der Waals surface area contributed by atoms with E-state index in [9.17, 15) is 14.0 Å². The fraction of sp³-hybridized carbons (Fsp3) is 0.514. The van der Waals surface area contributed by atoms with Crippen LogP contribution in [0, 0.1) is 11.2 Å². The Morgan fingerprint density at radius 2 is 1.98 bits per heavy atom. The van der Waals surface area contributed by atoms with Crippen molar-refractivity contribution in [1.29, 1.82) is 0 Å². The van der Waals surface area contributed by atoms with Crippen molar-refractivity contribution in [2.45, 2.75) is 71.6 Å². The van der Waals surface area contributed by atoms with Crippen LogP contribution >= 0.6 is 0 Å². The molecule has 3 aromatic rings. The Morgan fingerprint density at radius 3 is 2.73 bits per heavy atom. The summed E-state index contributed by atoms with van der Waals surface area (Å²) >= 11 is 0. The summed E-state index contributed by atoms with van der Waals surface area (Å²) in [7, 11) is 1.62. The van der Waals surface area contributed by atoms with Gasteiger partial charge in [0.15, 0.2) is 11.6 Å². The molecule has 6 rings (SSSR count). The maximum absolute atomic E-state index is 14.5. The lowest BCUT2D eigenvalue weighted by Gasteiger charge is -2.59. The number of urea groups is 1. The van der Waals surface area contributed by atoms with Gasteiger partial charge in [-0.25, -0.2) is 19.2 Å². The highest BCUT2D eigenvalue weighted by Gasteiger charge is 2.54. The minimum Gasteiger partial charge on any atom is -0.490 e. The molecule has 3 N–H and O–H groups in total. The van der Waals surface area contributed by atoms with Gasteiger partial charge >= 0.3 is 6.03 Å². The number of halogens is 1. The molecule has 2 aliphatic heterocycles. The number of carbonyl (C=O) groups is 2. The van der Waals surface area contributed by atoms with Crippen molar-refractivity contribution in [3.63, 3.8) is 0 Å². The van der Waals surface area contributed by atoms with Crippen LogP contribution in [0.2, 0.25) is 0 Å². The molecule has 1 saturated heterocycles. The van der Waals surface area contributed by atoms with Crippen molar-refractivity contribution in [3.05, 3.63) is 65.1 Å². The highest BCUT2D eigenvalue weighted by atomic mass is 19.1. The third kappa shape index (κ3) is 7.30. The number of nitrogens with one attached hydrogen (secondary N) is 3. The highest BCUT2D eigenvalue weighted by molar-refractivity contribution is 5.97. The van der Waals surface area contributed by atoms with Gasteiger partial charge in [0, 0.05) is 81.6 Å². The molecular formula is C35H45FN8O4. The number of hydrogen-bond donors (Lipinski definition) is 3. The van der Waals surface area contributed by atoms with Gasteiger partial charge in [0.25, 0.3) is 5.91 Å². The number of anilines is 1. The van der Waals surface area contributed by atoms with Gasteiger partial charge in [-0.15, -0.1) is 0 Å². The third-order valence-electron chi connectivity index (χ3n) is 9.33. The largest absolute Gasteiger partial charge is 0.490 e. The van der Waals surface area contributed by atoms with Crippen molar-refractivity contribution in [3.8, 4) is 17.2 Å². The minimum atomic E-state index is -0.485. The van der Waals surface area contributed by atoms with E-state index in [-0.39, 0.29) is 29.2 Å². The zero-order valence-electron chi connectivity index (χ0n) is 28.1. The van der Waals surface area contributed by atoms with E-state index in [4.69, 9.17) is 9.47 Å². The van der Waals surface area contributed by atoms with Crippen molar-refractivity contribution < 1.29 is 23.5 Å². The lowest BCUT2D eigenvalue weighted by Crippen LogP contribution is -2.65. The summed E-state index contributed by atoms with van der Waals surface area (Å²) in [4.78, 5) is 42.4. The van der Waals surface area contributed by atoms with Crippen molar-refractivity contribution in [1.82, 2.24) is 35.8 Å². The second-order valence-electron chi connectivity index (χ2n) is 13.4. The summed E-state index contributed by atoms with van der Waals surface area (Å²) in [5.41, 5.74) is 3.14. The molecule has 0 radical (unpaired) electrons. The molecule has 2 aromatic heterocycles. The normalized spacial score (nSPS) is 16.9. The number of ether oxygens (including phenoxy) is 2. The molecule has 1 spiro atoms.